The highest BCUT2D eigenvalue weighted by Crippen LogP contribution is 2.54. The summed E-state index contributed by atoms with van der Waals surface area (Å²) >= 11 is 5.83. The number of ketones is 1. The Morgan fingerprint density at radius 1 is 1.27 bits per heavy atom. The number of rotatable bonds is 4. The molecular weight excluding hydrogens is 355 g/mol. The van der Waals surface area contributed by atoms with E-state index in [1.807, 2.05) is 20.8 Å². The maximum absolute atomic E-state index is 13.4. The molecule has 0 bridgehead atoms. The van der Waals surface area contributed by atoms with Crippen LogP contribution in [-0.2, 0) is 4.79 Å². The van der Waals surface area contributed by atoms with Crippen molar-refractivity contribution in [2.24, 2.45) is 10.8 Å². The number of likely N-dealkylation sites (tertiary alicyclic amines) is 1. The predicted molar refractivity (Wildman–Crippen MR) is 99.9 cm³/mol. The molecule has 1 saturated carbocycles. The van der Waals surface area contributed by atoms with Crippen LogP contribution >= 0.6 is 11.6 Å². The van der Waals surface area contributed by atoms with E-state index < -0.39 is 5.82 Å². The van der Waals surface area contributed by atoms with E-state index in [4.69, 9.17) is 11.6 Å². The van der Waals surface area contributed by atoms with Gasteiger partial charge >= 0.3 is 0 Å². The molecule has 1 aliphatic carbocycles. The third-order valence-corrected chi connectivity index (χ3v) is 5.89. The molecule has 1 heterocycles. The van der Waals surface area contributed by atoms with Crippen molar-refractivity contribution in [3.05, 3.63) is 34.6 Å². The van der Waals surface area contributed by atoms with E-state index in [9.17, 15) is 14.0 Å². The monoisotopic (exact) mass is 380 g/mol. The van der Waals surface area contributed by atoms with Gasteiger partial charge in [-0.25, -0.2) is 4.39 Å². The number of amides is 1. The van der Waals surface area contributed by atoms with Gasteiger partial charge in [0.25, 0.3) is 5.91 Å². The van der Waals surface area contributed by atoms with Gasteiger partial charge in [0.15, 0.2) is 5.78 Å². The van der Waals surface area contributed by atoms with Crippen molar-refractivity contribution in [2.45, 2.75) is 46.1 Å². The summed E-state index contributed by atoms with van der Waals surface area (Å²) in [5.74, 6) is -0.527. The topological polar surface area (TPSA) is 49.4 Å². The lowest BCUT2D eigenvalue weighted by Crippen LogP contribution is -2.43. The first-order valence-corrected chi connectivity index (χ1v) is 9.49. The molecule has 1 atom stereocenters. The summed E-state index contributed by atoms with van der Waals surface area (Å²) in [6.07, 6.45) is 2.89. The molecular formula is C20H26ClFN2O2. The van der Waals surface area contributed by atoms with Crippen LogP contribution in [-0.4, -0.2) is 42.3 Å². The fourth-order valence-electron chi connectivity index (χ4n) is 3.63. The molecule has 1 aromatic carbocycles. The maximum atomic E-state index is 13.4. The van der Waals surface area contributed by atoms with Crippen molar-refractivity contribution in [1.82, 2.24) is 10.2 Å². The lowest BCUT2D eigenvalue weighted by molar-refractivity contribution is -0.127. The van der Waals surface area contributed by atoms with Gasteiger partial charge in [0, 0.05) is 22.0 Å². The molecule has 26 heavy (non-hydrogen) atoms. The van der Waals surface area contributed by atoms with Crippen LogP contribution in [0.25, 0.3) is 0 Å². The number of nitrogens with one attached hydrogen (secondary N) is 1. The normalized spacial score (nSPS) is 22.3. The molecule has 1 N–H and O–H groups in total. The van der Waals surface area contributed by atoms with Crippen LogP contribution in [0.5, 0.6) is 0 Å². The number of carbonyl (C=O) groups is 2. The van der Waals surface area contributed by atoms with E-state index in [0.717, 1.165) is 32.4 Å². The number of Topliss-reactive ketones (excluding diaryl/α,β-unsaturated/α-hetero) is 1. The zero-order valence-electron chi connectivity index (χ0n) is 15.6. The van der Waals surface area contributed by atoms with E-state index in [1.54, 1.807) is 0 Å². The summed E-state index contributed by atoms with van der Waals surface area (Å²) in [7, 11) is 0. The van der Waals surface area contributed by atoms with Gasteiger partial charge in [0.2, 0.25) is 0 Å². The average Bonchev–Trinajstić information content (AvgIpc) is 3.19. The number of halogens is 2. The maximum Gasteiger partial charge on any atom is 0.251 e. The lowest BCUT2D eigenvalue weighted by atomic mass is 9.88. The molecule has 1 aromatic rings. The molecule has 1 saturated heterocycles. The Balaban J connectivity index is 1.51. The Kier molecular flexibility index (Phi) is 5.15. The Hall–Kier alpha value is -1.46. The SMILES string of the molecule is CC(C)(C)C(=O)CN1CCC2(CC1)CC2NC(=O)c1cc(F)cc(Cl)c1. The smallest absolute Gasteiger partial charge is 0.251 e. The minimum Gasteiger partial charge on any atom is -0.349 e. The molecule has 4 nitrogen and oxygen atoms in total. The molecule has 142 valence electrons. The first-order chi connectivity index (χ1) is 12.1. The summed E-state index contributed by atoms with van der Waals surface area (Å²) in [5.41, 5.74) is 0.0798. The Morgan fingerprint density at radius 2 is 1.92 bits per heavy atom. The number of hydrogen-bond donors (Lipinski definition) is 1. The van der Waals surface area contributed by atoms with Crippen molar-refractivity contribution in [1.29, 1.82) is 0 Å². The lowest BCUT2D eigenvalue weighted by Gasteiger charge is -2.33. The second-order valence-electron chi connectivity index (χ2n) is 8.70. The third kappa shape index (κ3) is 4.26. The highest BCUT2D eigenvalue weighted by molar-refractivity contribution is 6.31. The molecule has 2 aliphatic rings. The first-order valence-electron chi connectivity index (χ1n) is 9.12. The molecule has 2 fully saturated rings. The van der Waals surface area contributed by atoms with Crippen molar-refractivity contribution in [3.63, 3.8) is 0 Å². The summed E-state index contributed by atoms with van der Waals surface area (Å²) in [4.78, 5) is 26.8. The second-order valence-corrected chi connectivity index (χ2v) is 9.14. The van der Waals surface area contributed by atoms with Gasteiger partial charge in [0.1, 0.15) is 5.82 Å². The predicted octanol–water partition coefficient (Wildman–Crippen LogP) is 3.68. The van der Waals surface area contributed by atoms with Crippen LogP contribution in [0.15, 0.2) is 18.2 Å². The Bertz CT molecular complexity index is 701. The van der Waals surface area contributed by atoms with E-state index in [-0.39, 0.29) is 39.1 Å². The van der Waals surface area contributed by atoms with Crippen LogP contribution in [0.1, 0.15) is 50.4 Å². The zero-order chi connectivity index (χ0) is 19.1. The fourth-order valence-corrected chi connectivity index (χ4v) is 3.85. The summed E-state index contributed by atoms with van der Waals surface area (Å²) in [6.45, 7) is 8.10. The summed E-state index contributed by atoms with van der Waals surface area (Å²) < 4.78 is 13.4. The number of carbonyl (C=O) groups excluding carboxylic acids is 2. The highest BCUT2D eigenvalue weighted by Gasteiger charge is 2.55. The summed E-state index contributed by atoms with van der Waals surface area (Å²) in [6, 6.07) is 4.00. The average molecular weight is 381 g/mol. The van der Waals surface area contributed by atoms with Gasteiger partial charge in [0.05, 0.1) is 6.54 Å². The molecule has 0 radical (unpaired) electrons. The van der Waals surface area contributed by atoms with Gasteiger partial charge in [-0.1, -0.05) is 32.4 Å². The fraction of sp³-hybridized carbons (Fsp3) is 0.600. The minimum absolute atomic E-state index is 0.123. The van der Waals surface area contributed by atoms with Gasteiger partial charge < -0.3 is 5.32 Å². The van der Waals surface area contributed by atoms with Gasteiger partial charge in [-0.3, -0.25) is 14.5 Å². The number of benzene rings is 1. The first kappa shape index (κ1) is 19.3. The molecule has 1 aliphatic heterocycles. The molecule has 1 amide bonds. The zero-order valence-corrected chi connectivity index (χ0v) is 16.3. The van der Waals surface area contributed by atoms with Crippen molar-refractivity contribution in [2.75, 3.05) is 19.6 Å². The Morgan fingerprint density at radius 3 is 2.50 bits per heavy atom. The van der Waals surface area contributed by atoms with Gasteiger partial charge in [-0.05, 0) is 56.0 Å². The molecule has 1 spiro atoms. The van der Waals surface area contributed by atoms with E-state index in [2.05, 4.69) is 10.2 Å². The number of hydrogen-bond acceptors (Lipinski definition) is 3. The van der Waals surface area contributed by atoms with Gasteiger partial charge in [-0.15, -0.1) is 0 Å². The number of nitrogens with zero attached hydrogens (tertiary/aromatic N) is 1. The van der Waals surface area contributed by atoms with E-state index in [1.165, 1.54) is 18.2 Å². The summed E-state index contributed by atoms with van der Waals surface area (Å²) in [5, 5.41) is 3.24. The van der Waals surface area contributed by atoms with E-state index >= 15 is 0 Å². The van der Waals surface area contributed by atoms with Crippen LogP contribution in [0.3, 0.4) is 0 Å². The second kappa shape index (κ2) is 6.93. The van der Waals surface area contributed by atoms with Crippen molar-refractivity contribution >= 4 is 23.3 Å². The quantitative estimate of drug-likeness (QED) is 0.866. The standard InChI is InChI=1S/C20H26ClFN2O2/c1-19(2,3)17(25)12-24-6-4-20(5-7-24)11-16(20)23-18(26)13-8-14(21)10-15(22)9-13/h8-10,16H,4-7,11-12H2,1-3H3,(H,23,26). The molecule has 6 heteroatoms. The van der Waals surface area contributed by atoms with Crippen LogP contribution in [0, 0.1) is 16.6 Å². The Labute approximate surface area is 159 Å². The molecule has 1 unspecified atom stereocenters. The van der Waals surface area contributed by atoms with Crippen LogP contribution in [0.4, 0.5) is 4.39 Å². The van der Waals surface area contributed by atoms with Crippen molar-refractivity contribution in [3.8, 4) is 0 Å². The molecule has 0 aromatic heterocycles. The molecule has 3 rings (SSSR count). The minimum atomic E-state index is -0.509. The third-order valence-electron chi connectivity index (χ3n) is 5.68. The largest absolute Gasteiger partial charge is 0.349 e. The van der Waals surface area contributed by atoms with Gasteiger partial charge in [-0.2, -0.15) is 0 Å². The van der Waals surface area contributed by atoms with E-state index in [0.29, 0.717) is 6.54 Å². The number of piperidine rings is 1. The van der Waals surface area contributed by atoms with Crippen molar-refractivity contribution < 1.29 is 14.0 Å². The highest BCUT2D eigenvalue weighted by atomic mass is 35.5. The van der Waals surface area contributed by atoms with Crippen LogP contribution in [0.2, 0.25) is 5.02 Å². The van der Waals surface area contributed by atoms with Crippen LogP contribution < -0.4 is 5.32 Å².